The van der Waals surface area contributed by atoms with Crippen molar-refractivity contribution in [1.82, 2.24) is 36.4 Å². The molecule has 4 rings (SSSR count). The monoisotopic (exact) mass is 1160 g/mol. The minimum absolute atomic E-state index is 0.112. The number of amides is 8. The number of phenolic OH excluding ortho intramolecular Hbond substituents is 1. The summed E-state index contributed by atoms with van der Waals surface area (Å²) in [6.45, 7) is 2.03. The molecule has 0 unspecified atom stereocenters. The van der Waals surface area contributed by atoms with Crippen LogP contribution in [0.3, 0.4) is 0 Å². The maximum Gasteiger partial charge on any atom is 0.446 e. The largest absolute Gasteiger partial charge is 0.504 e. The van der Waals surface area contributed by atoms with Gasteiger partial charge in [0.1, 0.15) is 54.6 Å². The zero-order valence-electron chi connectivity index (χ0n) is 44.8. The molecule has 3 saturated heterocycles. The van der Waals surface area contributed by atoms with Crippen molar-refractivity contribution in [1.29, 1.82) is 0 Å². The number of carbonyl (C=O) groups excluding carboxylic acids is 8. The molecule has 14 atom stereocenters. The summed E-state index contributed by atoms with van der Waals surface area (Å²) in [6.07, 6.45) is -6.70. The Hall–Kier alpha value is -5.83. The van der Waals surface area contributed by atoms with E-state index in [4.69, 9.17) is 5.73 Å². The van der Waals surface area contributed by atoms with Gasteiger partial charge >= 0.3 is 10.4 Å². The number of rotatable bonds is 24. The van der Waals surface area contributed by atoms with Gasteiger partial charge in [-0.05, 0) is 37.5 Å². The molecule has 0 bridgehead atoms. The molecule has 29 nitrogen and oxygen atoms in total. The number of aliphatic hydroxyl groups excluding tert-OH is 8. The smallest absolute Gasteiger partial charge is 0.446 e. The van der Waals surface area contributed by atoms with E-state index >= 15 is 0 Å². The highest BCUT2D eigenvalue weighted by atomic mass is 32.3. The number of fused-ring (bicyclic) bond motifs is 2. The Labute approximate surface area is 462 Å². The van der Waals surface area contributed by atoms with E-state index < -0.39 is 192 Å². The van der Waals surface area contributed by atoms with Gasteiger partial charge in [0, 0.05) is 32.4 Å². The van der Waals surface area contributed by atoms with Crippen molar-refractivity contribution in [2.45, 2.75) is 215 Å². The second-order valence-electron chi connectivity index (χ2n) is 20.7. The summed E-state index contributed by atoms with van der Waals surface area (Å²) in [4.78, 5) is 113. The molecule has 3 aliphatic heterocycles. The summed E-state index contributed by atoms with van der Waals surface area (Å²) in [7, 11) is -5.33. The van der Waals surface area contributed by atoms with E-state index in [-0.39, 0.29) is 12.8 Å². The van der Waals surface area contributed by atoms with Gasteiger partial charge in [-0.25, -0.2) is 0 Å². The van der Waals surface area contributed by atoms with Crippen LogP contribution in [0.2, 0.25) is 0 Å². The van der Waals surface area contributed by atoms with Gasteiger partial charge < -0.3 is 92.3 Å². The first-order valence-electron chi connectivity index (χ1n) is 27.0. The first-order chi connectivity index (χ1) is 37.6. The molecular weight excluding hydrogens is 1080 g/mol. The van der Waals surface area contributed by atoms with E-state index in [0.717, 1.165) is 51.2 Å². The Morgan fingerprint density at radius 1 is 0.738 bits per heavy atom. The number of carbonyl (C=O) groups is 8. The third kappa shape index (κ3) is 19.7. The van der Waals surface area contributed by atoms with Crippen LogP contribution in [0.1, 0.15) is 141 Å². The van der Waals surface area contributed by atoms with Crippen LogP contribution in [-0.2, 0) is 48.8 Å². The van der Waals surface area contributed by atoms with E-state index in [1.165, 1.54) is 38.5 Å². The minimum Gasteiger partial charge on any atom is -0.504 e. The SMILES string of the molecule is CCCCCCCCCCCCCCCC(=O)N[C@H]1C[C@@H](O)[C@@H](O)NC(=O)[C@@H]2[C@@H](O)CCN2C(=O)[C@H]([C@H](O)CC(N)=O)NC(=O)[C@H]([C@H](O)[C@@H](O)c2ccc(O)c(OS(=O)(=O)O)c2)NC(=O)[C@@H]2C[C@@H](O)CN2C(=O)[C@H]([C@@H](C)O)NC1=O. The summed E-state index contributed by atoms with van der Waals surface area (Å²) in [5.74, 6) is -12.3. The van der Waals surface area contributed by atoms with Crippen LogP contribution in [0, 0.1) is 0 Å². The quantitative estimate of drug-likeness (QED) is 0.0348. The molecule has 0 saturated carbocycles. The van der Waals surface area contributed by atoms with E-state index in [1.807, 2.05) is 10.6 Å². The average molecular weight is 1160 g/mol. The van der Waals surface area contributed by atoms with Gasteiger partial charge in [-0.3, -0.25) is 42.9 Å². The van der Waals surface area contributed by atoms with Crippen molar-refractivity contribution >= 4 is 57.7 Å². The molecule has 0 aliphatic carbocycles. The van der Waals surface area contributed by atoms with Crippen LogP contribution in [0.4, 0.5) is 0 Å². The Bertz CT molecular complexity index is 2400. The van der Waals surface area contributed by atoms with Gasteiger partial charge in [-0.1, -0.05) is 90.0 Å². The van der Waals surface area contributed by atoms with Crippen LogP contribution in [0.25, 0.3) is 0 Å². The van der Waals surface area contributed by atoms with Crippen LogP contribution < -0.4 is 36.5 Å². The predicted molar refractivity (Wildman–Crippen MR) is 278 cm³/mol. The topological polar surface area (TPSA) is 475 Å². The molecule has 0 aromatic heterocycles. The number of aliphatic hydroxyl groups is 8. The standard InChI is InChI=1S/C50H80N8O21S/c1-3-4-5-6-7-8-9-10-11-12-13-14-15-16-37(66)52-29-23-34(64)46(71)56-48(73)41-32(62)19-20-57(41)50(75)39(33(63)24-36(51)65)54-47(72)40(43(68)42(67)27-17-18-31(61)35(21-27)79-80(76,77)78)55-45(70)30-22-28(60)25-58(30)49(74)38(26(2)59)53-44(29)69/h17-18,21,26,28-30,32-34,38-43,46,59-64,67-68,71H,3-16,19-20,22-25H2,1-2H3,(H2,51,65)(H,52,66)(H,53,69)(H,54,72)(H,55,70)(H,56,73)(H,76,77,78)/t26-,28-,29+,30+,32+,33-,34-,38+,39+,40+,41+,42+,43+,46-/m1/s1. The predicted octanol–water partition coefficient (Wildman–Crippen LogP) is -3.87. The van der Waals surface area contributed by atoms with Crippen LogP contribution in [0.15, 0.2) is 18.2 Å². The Morgan fingerprint density at radius 2 is 1.30 bits per heavy atom. The van der Waals surface area contributed by atoms with E-state index in [2.05, 4.69) is 27.1 Å². The number of primary amides is 1. The fourth-order valence-electron chi connectivity index (χ4n) is 9.86. The van der Waals surface area contributed by atoms with E-state index in [0.29, 0.717) is 28.7 Å². The average Bonchev–Trinajstić information content (AvgIpc) is 4.07. The normalized spacial score (nSPS) is 27.3. The Kier molecular flexibility index (Phi) is 26.2. The zero-order valence-corrected chi connectivity index (χ0v) is 45.6. The van der Waals surface area contributed by atoms with Crippen molar-refractivity contribution in [3.63, 3.8) is 0 Å². The number of nitrogens with two attached hydrogens (primary N) is 1. The first kappa shape index (κ1) is 66.7. The number of aromatic hydroxyl groups is 1. The number of unbranched alkanes of at least 4 members (excludes halogenated alkanes) is 12. The van der Waals surface area contributed by atoms with Crippen LogP contribution in [0.5, 0.6) is 11.5 Å². The lowest BCUT2D eigenvalue weighted by Crippen LogP contribution is -2.64. The molecule has 0 spiro atoms. The van der Waals surface area contributed by atoms with Gasteiger partial charge in [-0.2, -0.15) is 8.42 Å². The molecule has 452 valence electrons. The molecule has 17 N–H and O–H groups in total. The highest BCUT2D eigenvalue weighted by Crippen LogP contribution is 2.32. The van der Waals surface area contributed by atoms with Gasteiger partial charge in [-0.15, -0.1) is 0 Å². The maximum absolute atomic E-state index is 14.5. The third-order valence-electron chi connectivity index (χ3n) is 14.2. The fraction of sp³-hybridized carbons (Fsp3) is 0.720. The highest BCUT2D eigenvalue weighted by molar-refractivity contribution is 7.81. The summed E-state index contributed by atoms with van der Waals surface area (Å²) in [6, 6.07) is -10.4. The lowest BCUT2D eigenvalue weighted by Gasteiger charge is -2.34. The maximum atomic E-state index is 14.5. The number of phenols is 1. The van der Waals surface area contributed by atoms with Gasteiger partial charge in [0.2, 0.25) is 47.3 Å². The number of hydrogen-bond acceptors (Lipinski definition) is 20. The molecule has 1 aromatic carbocycles. The number of nitrogens with zero attached hydrogens (tertiary/aromatic N) is 2. The van der Waals surface area contributed by atoms with E-state index in [1.54, 1.807) is 0 Å². The van der Waals surface area contributed by atoms with Crippen molar-refractivity contribution < 1.29 is 101 Å². The van der Waals surface area contributed by atoms with Crippen molar-refractivity contribution in [2.24, 2.45) is 5.73 Å². The van der Waals surface area contributed by atoms with Crippen LogP contribution in [-0.4, -0.2) is 208 Å². The molecule has 3 heterocycles. The second-order valence-corrected chi connectivity index (χ2v) is 21.7. The van der Waals surface area contributed by atoms with Gasteiger partial charge in [0.05, 0.1) is 30.8 Å². The Balaban J connectivity index is 1.72. The molecular formula is C50H80N8O21S. The zero-order chi connectivity index (χ0) is 59.6. The molecule has 3 aliphatic rings. The molecule has 30 heteroatoms. The van der Waals surface area contributed by atoms with Crippen molar-refractivity contribution in [2.75, 3.05) is 13.1 Å². The number of benzene rings is 1. The van der Waals surface area contributed by atoms with Crippen molar-refractivity contribution in [3.05, 3.63) is 23.8 Å². The van der Waals surface area contributed by atoms with E-state index in [9.17, 15) is 97.3 Å². The fourth-order valence-corrected chi connectivity index (χ4v) is 10.2. The molecule has 1 aromatic rings. The molecule has 3 fully saturated rings. The second kappa shape index (κ2) is 31.4. The summed E-state index contributed by atoms with van der Waals surface area (Å²) in [5, 5.41) is 111. The molecule has 0 radical (unpaired) electrons. The lowest BCUT2D eigenvalue weighted by molar-refractivity contribution is -0.149. The van der Waals surface area contributed by atoms with Crippen LogP contribution >= 0.6 is 0 Å². The van der Waals surface area contributed by atoms with Gasteiger partial charge in [0.25, 0.3) is 0 Å². The summed E-state index contributed by atoms with van der Waals surface area (Å²) < 4.78 is 36.5. The van der Waals surface area contributed by atoms with Gasteiger partial charge in [0.15, 0.2) is 17.7 Å². The third-order valence-corrected chi connectivity index (χ3v) is 14.6. The first-order valence-corrected chi connectivity index (χ1v) is 28.4. The van der Waals surface area contributed by atoms with Crippen molar-refractivity contribution in [3.8, 4) is 11.5 Å². The number of hydrogen-bond donors (Lipinski definition) is 16. The Morgan fingerprint density at radius 3 is 1.88 bits per heavy atom. The highest BCUT2D eigenvalue weighted by Gasteiger charge is 2.49. The molecule has 8 amide bonds. The summed E-state index contributed by atoms with van der Waals surface area (Å²) in [5.41, 5.74) is 4.73. The minimum atomic E-state index is -5.33. The number of nitrogens with one attached hydrogen (secondary N) is 5. The molecule has 80 heavy (non-hydrogen) atoms. The lowest BCUT2D eigenvalue weighted by atomic mass is 9.96. The summed E-state index contributed by atoms with van der Waals surface area (Å²) >= 11 is 0.